The third-order valence-corrected chi connectivity index (χ3v) is 9.55. The van der Waals surface area contributed by atoms with Gasteiger partial charge in [0.15, 0.2) is 0 Å². The van der Waals surface area contributed by atoms with Gasteiger partial charge in [0.25, 0.3) is 0 Å². The highest BCUT2D eigenvalue weighted by Crippen LogP contribution is 2.68. The largest absolute Gasteiger partial charge is 0.481 e. The summed E-state index contributed by atoms with van der Waals surface area (Å²) < 4.78 is 0. The Hall–Kier alpha value is -0.860. The Morgan fingerprint density at radius 1 is 1.04 bits per heavy atom. The molecular weight excluding hydrogens is 312 g/mol. The predicted octanol–water partition coefficient (Wildman–Crippen LogP) is 4.94. The summed E-state index contributed by atoms with van der Waals surface area (Å²) >= 11 is 0. The first kappa shape index (κ1) is 17.5. The van der Waals surface area contributed by atoms with Gasteiger partial charge >= 0.3 is 5.97 Å². The van der Waals surface area contributed by atoms with E-state index < -0.39 is 5.97 Å². The molecule has 4 fully saturated rings. The molecule has 25 heavy (non-hydrogen) atoms. The summed E-state index contributed by atoms with van der Waals surface area (Å²) in [6.45, 7) is 6.82. The lowest BCUT2D eigenvalue weighted by Crippen LogP contribution is -2.54. The first-order valence-electron chi connectivity index (χ1n) is 10.5. The molecule has 1 N–H and O–H groups in total. The van der Waals surface area contributed by atoms with Crippen molar-refractivity contribution in [3.63, 3.8) is 0 Å². The highest BCUT2D eigenvalue weighted by Gasteiger charge is 2.61. The molecule has 0 heterocycles. The van der Waals surface area contributed by atoms with E-state index in [-0.39, 0.29) is 11.3 Å². The number of Topliss-reactive ketones (excluding diaryl/α,β-unsaturated/α-hetero) is 1. The molecule has 4 rings (SSSR count). The van der Waals surface area contributed by atoms with E-state index in [9.17, 15) is 14.7 Å². The lowest BCUT2D eigenvalue weighted by atomic mass is 9.44. The maximum absolute atomic E-state index is 12.0. The fourth-order valence-electron chi connectivity index (χ4n) is 8.08. The number of carbonyl (C=O) groups is 2. The lowest BCUT2D eigenvalue weighted by Gasteiger charge is -2.60. The van der Waals surface area contributed by atoms with Crippen LogP contribution in [0.25, 0.3) is 0 Å². The van der Waals surface area contributed by atoms with Gasteiger partial charge in [-0.05, 0) is 85.4 Å². The van der Waals surface area contributed by atoms with Gasteiger partial charge in [-0.3, -0.25) is 9.59 Å². The number of ketones is 1. The van der Waals surface area contributed by atoms with Gasteiger partial charge in [0.1, 0.15) is 5.78 Å². The molecule has 3 nitrogen and oxygen atoms in total. The van der Waals surface area contributed by atoms with Gasteiger partial charge in [-0.2, -0.15) is 0 Å². The van der Waals surface area contributed by atoms with Crippen LogP contribution in [0.3, 0.4) is 0 Å². The first-order chi connectivity index (χ1) is 11.8. The van der Waals surface area contributed by atoms with E-state index in [0.717, 1.165) is 37.5 Å². The second kappa shape index (κ2) is 5.82. The average molecular weight is 347 g/mol. The summed E-state index contributed by atoms with van der Waals surface area (Å²) in [5.41, 5.74) is 0.571. The summed E-state index contributed by atoms with van der Waals surface area (Å²) in [6.07, 6.45) is 9.95. The Morgan fingerprint density at radius 2 is 1.76 bits per heavy atom. The first-order valence-corrected chi connectivity index (χ1v) is 10.5. The Labute approximate surface area is 151 Å². The van der Waals surface area contributed by atoms with Gasteiger partial charge in [-0.25, -0.2) is 0 Å². The van der Waals surface area contributed by atoms with Crippen LogP contribution in [-0.2, 0) is 9.59 Å². The van der Waals surface area contributed by atoms with Crippen molar-refractivity contribution in [1.82, 2.24) is 0 Å². The number of aliphatic carboxylic acids is 1. The normalized spacial score (nSPS) is 50.5. The zero-order valence-electron chi connectivity index (χ0n) is 16.1. The van der Waals surface area contributed by atoms with Crippen molar-refractivity contribution in [2.75, 3.05) is 0 Å². The molecule has 0 aromatic heterocycles. The highest BCUT2D eigenvalue weighted by atomic mass is 16.4. The van der Waals surface area contributed by atoms with Crippen molar-refractivity contribution in [2.24, 2.45) is 46.3 Å². The van der Waals surface area contributed by atoms with Gasteiger partial charge in [-0.15, -0.1) is 0 Å². The molecular formula is C22H34O3. The minimum Gasteiger partial charge on any atom is -0.481 e. The van der Waals surface area contributed by atoms with Crippen LogP contribution >= 0.6 is 0 Å². The summed E-state index contributed by atoms with van der Waals surface area (Å²) in [5, 5.41) is 9.57. The van der Waals surface area contributed by atoms with E-state index in [1.165, 1.54) is 32.1 Å². The Balaban J connectivity index is 1.60. The third-order valence-electron chi connectivity index (χ3n) is 9.55. The molecule has 8 atom stereocenters. The van der Waals surface area contributed by atoms with Crippen molar-refractivity contribution < 1.29 is 14.7 Å². The second-order valence-electron chi connectivity index (χ2n) is 10.3. The molecule has 0 saturated heterocycles. The average Bonchev–Trinajstić information content (AvgIpc) is 2.92. The van der Waals surface area contributed by atoms with Crippen LogP contribution in [0.1, 0.15) is 78.6 Å². The lowest BCUT2D eigenvalue weighted by molar-refractivity contribution is -0.149. The maximum atomic E-state index is 12.0. The zero-order chi connectivity index (χ0) is 18.0. The van der Waals surface area contributed by atoms with E-state index in [0.29, 0.717) is 29.0 Å². The van der Waals surface area contributed by atoms with Crippen LogP contribution in [0.15, 0.2) is 0 Å². The zero-order valence-corrected chi connectivity index (χ0v) is 16.1. The number of carbonyl (C=O) groups excluding carboxylic acids is 1. The number of hydrogen-bond donors (Lipinski definition) is 1. The van der Waals surface area contributed by atoms with Crippen molar-refractivity contribution in [3.05, 3.63) is 0 Å². The van der Waals surface area contributed by atoms with Crippen molar-refractivity contribution in [1.29, 1.82) is 0 Å². The summed E-state index contributed by atoms with van der Waals surface area (Å²) in [6, 6.07) is 0. The molecule has 140 valence electrons. The van der Waals surface area contributed by atoms with Gasteiger partial charge in [0.2, 0.25) is 0 Å². The van der Waals surface area contributed by atoms with Gasteiger partial charge in [0.05, 0.1) is 5.92 Å². The molecule has 0 radical (unpaired) electrons. The number of hydrogen-bond acceptors (Lipinski definition) is 2. The topological polar surface area (TPSA) is 54.4 Å². The Kier molecular flexibility index (Phi) is 4.09. The van der Waals surface area contributed by atoms with Crippen LogP contribution < -0.4 is 0 Å². The van der Waals surface area contributed by atoms with E-state index in [1.807, 2.05) is 6.92 Å². The van der Waals surface area contributed by atoms with Gasteiger partial charge in [-0.1, -0.05) is 20.8 Å². The number of fused-ring (bicyclic) bond motifs is 5. The van der Waals surface area contributed by atoms with Crippen molar-refractivity contribution in [2.45, 2.75) is 78.6 Å². The number of carboxylic acid groups (broad SMARTS) is 1. The van der Waals surface area contributed by atoms with E-state index >= 15 is 0 Å². The molecule has 4 aliphatic rings. The van der Waals surface area contributed by atoms with Crippen LogP contribution in [0.2, 0.25) is 0 Å². The molecule has 4 saturated carbocycles. The standard InChI is InChI=1S/C22H34O3/c1-13(20(24)25)17-6-7-18-16-5-4-14-12-15(23)8-10-21(14,2)19(16)9-11-22(17,18)3/h13-14,16-19H,4-12H2,1-3H3,(H,24,25)/t13?,14?,16-,17+,18-,19-,21-,22+/m0/s1. The van der Waals surface area contributed by atoms with E-state index in [1.54, 1.807) is 0 Å². The third kappa shape index (κ3) is 2.44. The second-order valence-corrected chi connectivity index (χ2v) is 10.3. The minimum absolute atomic E-state index is 0.215. The summed E-state index contributed by atoms with van der Waals surface area (Å²) in [5.74, 6) is 2.83. The number of rotatable bonds is 2. The molecule has 0 amide bonds. The fourth-order valence-corrected chi connectivity index (χ4v) is 8.08. The SMILES string of the molecule is CC(C(=O)O)[C@H]1CC[C@H]2[C@@H]3CCC4CC(=O)CC[C@]4(C)[C@H]3CC[C@]12C. The van der Waals surface area contributed by atoms with Crippen molar-refractivity contribution >= 4 is 11.8 Å². The van der Waals surface area contributed by atoms with Crippen molar-refractivity contribution in [3.8, 4) is 0 Å². The molecule has 3 heteroatoms. The molecule has 0 aliphatic heterocycles. The van der Waals surface area contributed by atoms with Crippen LogP contribution in [-0.4, -0.2) is 16.9 Å². The quantitative estimate of drug-likeness (QED) is 0.771. The maximum Gasteiger partial charge on any atom is 0.306 e. The minimum atomic E-state index is -0.615. The van der Waals surface area contributed by atoms with Gasteiger partial charge in [0, 0.05) is 12.8 Å². The van der Waals surface area contributed by atoms with E-state index in [2.05, 4.69) is 13.8 Å². The number of carboxylic acids is 1. The Bertz CT molecular complexity index is 584. The molecule has 0 bridgehead atoms. The van der Waals surface area contributed by atoms with Crippen LogP contribution in [0, 0.1) is 46.3 Å². The van der Waals surface area contributed by atoms with E-state index in [4.69, 9.17) is 0 Å². The smallest absolute Gasteiger partial charge is 0.306 e. The molecule has 0 aromatic carbocycles. The molecule has 4 aliphatic carbocycles. The van der Waals surface area contributed by atoms with Gasteiger partial charge < -0.3 is 5.11 Å². The molecule has 2 unspecified atom stereocenters. The fraction of sp³-hybridized carbons (Fsp3) is 0.909. The summed E-state index contributed by atoms with van der Waals surface area (Å²) in [4.78, 5) is 23.6. The predicted molar refractivity (Wildman–Crippen MR) is 97.0 cm³/mol. The van der Waals surface area contributed by atoms with Crippen LogP contribution in [0.4, 0.5) is 0 Å². The molecule has 0 aromatic rings. The van der Waals surface area contributed by atoms with Crippen LogP contribution in [0.5, 0.6) is 0 Å². The molecule has 0 spiro atoms. The summed E-state index contributed by atoms with van der Waals surface area (Å²) in [7, 11) is 0. The monoisotopic (exact) mass is 346 g/mol. The highest BCUT2D eigenvalue weighted by molar-refractivity contribution is 5.79. The Morgan fingerprint density at radius 3 is 2.48 bits per heavy atom.